The summed E-state index contributed by atoms with van der Waals surface area (Å²) in [6.07, 6.45) is 3.71. The molecule has 2 atom stereocenters. The summed E-state index contributed by atoms with van der Waals surface area (Å²) in [6.45, 7) is 2.26. The van der Waals surface area contributed by atoms with Crippen LogP contribution in [0, 0.1) is 16.0 Å². The van der Waals surface area contributed by atoms with Crippen molar-refractivity contribution in [2.24, 2.45) is 5.92 Å². The minimum absolute atomic E-state index is 0.101. The molecule has 20 heavy (non-hydrogen) atoms. The molecule has 1 aromatic heterocycles. The monoisotopic (exact) mass is 271 g/mol. The number of hydrogen-bond acceptors (Lipinski definition) is 4. The van der Waals surface area contributed by atoms with Crippen LogP contribution in [0.15, 0.2) is 30.3 Å². The Bertz CT molecular complexity index is 657. The van der Waals surface area contributed by atoms with Crippen molar-refractivity contribution in [3.05, 3.63) is 40.4 Å². The van der Waals surface area contributed by atoms with Crippen molar-refractivity contribution in [3.63, 3.8) is 0 Å². The smallest absolute Gasteiger partial charge is 0.270 e. The minimum Gasteiger partial charge on any atom is -0.367 e. The first-order valence-corrected chi connectivity index (χ1v) is 6.95. The van der Waals surface area contributed by atoms with Gasteiger partial charge in [0.25, 0.3) is 5.69 Å². The molecule has 0 saturated heterocycles. The second-order valence-corrected chi connectivity index (χ2v) is 5.49. The van der Waals surface area contributed by atoms with Crippen LogP contribution in [-0.2, 0) is 0 Å². The largest absolute Gasteiger partial charge is 0.367 e. The molecule has 5 heteroatoms. The lowest BCUT2D eigenvalue weighted by Crippen LogP contribution is -2.22. The van der Waals surface area contributed by atoms with Crippen LogP contribution in [0.2, 0.25) is 0 Å². The maximum atomic E-state index is 10.8. The molecule has 2 unspecified atom stereocenters. The van der Waals surface area contributed by atoms with Gasteiger partial charge in [0.1, 0.15) is 5.82 Å². The maximum absolute atomic E-state index is 10.8. The molecule has 5 nitrogen and oxygen atoms in total. The molecule has 1 heterocycles. The van der Waals surface area contributed by atoms with Crippen LogP contribution in [0.4, 0.5) is 11.5 Å². The molecule has 3 rings (SSSR count). The van der Waals surface area contributed by atoms with Crippen LogP contribution in [-0.4, -0.2) is 15.9 Å². The lowest BCUT2D eigenvalue weighted by Gasteiger charge is -2.18. The third kappa shape index (κ3) is 2.43. The van der Waals surface area contributed by atoms with Crippen molar-refractivity contribution >= 4 is 22.4 Å². The van der Waals surface area contributed by atoms with Gasteiger partial charge in [-0.2, -0.15) is 0 Å². The fraction of sp³-hybridized carbons (Fsp3) is 0.400. The summed E-state index contributed by atoms with van der Waals surface area (Å²) in [5.41, 5.74) is 0.885. The molecule has 0 bridgehead atoms. The van der Waals surface area contributed by atoms with Gasteiger partial charge in [-0.05, 0) is 37.0 Å². The first-order chi connectivity index (χ1) is 9.63. The van der Waals surface area contributed by atoms with Gasteiger partial charge in [0.2, 0.25) is 0 Å². The van der Waals surface area contributed by atoms with Crippen LogP contribution in [0.5, 0.6) is 0 Å². The van der Waals surface area contributed by atoms with E-state index in [9.17, 15) is 10.1 Å². The van der Waals surface area contributed by atoms with E-state index in [4.69, 9.17) is 0 Å². The van der Waals surface area contributed by atoms with Gasteiger partial charge in [0.05, 0.1) is 10.4 Å². The van der Waals surface area contributed by atoms with Crippen LogP contribution >= 0.6 is 0 Å². The van der Waals surface area contributed by atoms with Gasteiger partial charge in [-0.3, -0.25) is 10.1 Å². The van der Waals surface area contributed by atoms with Gasteiger partial charge >= 0.3 is 0 Å². The highest BCUT2D eigenvalue weighted by Crippen LogP contribution is 2.28. The zero-order valence-electron chi connectivity index (χ0n) is 11.4. The van der Waals surface area contributed by atoms with Crippen molar-refractivity contribution in [2.75, 3.05) is 5.32 Å². The van der Waals surface area contributed by atoms with Crippen LogP contribution in [0.1, 0.15) is 26.2 Å². The van der Waals surface area contributed by atoms with Gasteiger partial charge in [0, 0.05) is 23.6 Å². The zero-order valence-corrected chi connectivity index (χ0v) is 11.4. The quantitative estimate of drug-likeness (QED) is 0.682. The lowest BCUT2D eigenvalue weighted by atomic mass is 10.1. The third-order valence-electron chi connectivity index (χ3n) is 4.08. The van der Waals surface area contributed by atoms with Crippen molar-refractivity contribution in [1.29, 1.82) is 0 Å². The van der Waals surface area contributed by atoms with Crippen LogP contribution in [0.3, 0.4) is 0 Å². The number of nitro benzene ring substituents is 1. The van der Waals surface area contributed by atoms with Gasteiger partial charge in [-0.15, -0.1) is 0 Å². The number of non-ortho nitro benzene ring substituents is 1. The summed E-state index contributed by atoms with van der Waals surface area (Å²) < 4.78 is 0. The summed E-state index contributed by atoms with van der Waals surface area (Å²) in [6, 6.07) is 9.03. The fourth-order valence-electron chi connectivity index (χ4n) is 2.86. The first-order valence-electron chi connectivity index (χ1n) is 6.95. The first kappa shape index (κ1) is 12.8. The molecule has 2 aromatic rings. The Morgan fingerprint density at radius 3 is 2.85 bits per heavy atom. The summed E-state index contributed by atoms with van der Waals surface area (Å²) in [4.78, 5) is 14.9. The lowest BCUT2D eigenvalue weighted by molar-refractivity contribution is -0.384. The number of nitrogens with one attached hydrogen (secondary N) is 1. The normalized spacial score (nSPS) is 22.1. The maximum Gasteiger partial charge on any atom is 0.270 e. The standard InChI is InChI=1S/C15H17N3O2/c1-10-3-2-4-13(10)16-15-8-5-11-9-12(18(19)20)6-7-14(11)17-15/h5-10,13H,2-4H2,1H3,(H,16,17). The fourth-order valence-corrected chi connectivity index (χ4v) is 2.86. The highest BCUT2D eigenvalue weighted by atomic mass is 16.6. The number of nitro groups is 1. The van der Waals surface area contributed by atoms with E-state index in [2.05, 4.69) is 17.2 Å². The highest BCUT2D eigenvalue weighted by molar-refractivity contribution is 5.82. The van der Waals surface area contributed by atoms with Gasteiger partial charge in [-0.1, -0.05) is 13.3 Å². The molecule has 1 aromatic carbocycles. The Labute approximate surface area is 117 Å². The zero-order chi connectivity index (χ0) is 14.1. The summed E-state index contributed by atoms with van der Waals surface area (Å²) in [5, 5.41) is 15.0. The number of benzene rings is 1. The topological polar surface area (TPSA) is 68.1 Å². The van der Waals surface area contributed by atoms with Gasteiger partial charge in [-0.25, -0.2) is 4.98 Å². The molecule has 1 fully saturated rings. The number of anilines is 1. The molecule has 1 saturated carbocycles. The number of fused-ring (bicyclic) bond motifs is 1. The number of aromatic nitrogens is 1. The Morgan fingerprint density at radius 2 is 2.15 bits per heavy atom. The average Bonchev–Trinajstić information content (AvgIpc) is 2.83. The average molecular weight is 271 g/mol. The second kappa shape index (κ2) is 5.07. The summed E-state index contributed by atoms with van der Waals surface area (Å²) in [7, 11) is 0. The number of nitrogens with zero attached hydrogens (tertiary/aromatic N) is 2. The Hall–Kier alpha value is -2.17. The molecule has 0 spiro atoms. The molecule has 0 radical (unpaired) electrons. The van der Waals surface area contributed by atoms with Crippen molar-refractivity contribution < 1.29 is 4.92 Å². The second-order valence-electron chi connectivity index (χ2n) is 5.49. The minimum atomic E-state index is -0.383. The van der Waals surface area contributed by atoms with Crippen molar-refractivity contribution in [2.45, 2.75) is 32.2 Å². The van der Waals surface area contributed by atoms with E-state index >= 15 is 0 Å². The van der Waals surface area contributed by atoms with E-state index in [1.54, 1.807) is 12.1 Å². The summed E-state index contributed by atoms with van der Waals surface area (Å²) in [5.74, 6) is 1.52. The molecule has 0 aliphatic heterocycles. The van der Waals surface area contributed by atoms with Crippen LogP contribution in [0.25, 0.3) is 10.9 Å². The highest BCUT2D eigenvalue weighted by Gasteiger charge is 2.23. The number of pyridine rings is 1. The van der Waals surface area contributed by atoms with E-state index < -0.39 is 0 Å². The molecule has 1 N–H and O–H groups in total. The van der Waals surface area contributed by atoms with Crippen molar-refractivity contribution in [1.82, 2.24) is 4.98 Å². The van der Waals surface area contributed by atoms with E-state index in [0.29, 0.717) is 12.0 Å². The predicted octanol–water partition coefficient (Wildman–Crippen LogP) is 3.74. The Morgan fingerprint density at radius 1 is 1.30 bits per heavy atom. The molecule has 0 amide bonds. The molecule has 1 aliphatic carbocycles. The number of hydrogen-bond donors (Lipinski definition) is 1. The van der Waals surface area contributed by atoms with E-state index in [-0.39, 0.29) is 10.6 Å². The van der Waals surface area contributed by atoms with Gasteiger partial charge < -0.3 is 5.32 Å². The van der Waals surface area contributed by atoms with E-state index in [1.807, 2.05) is 12.1 Å². The van der Waals surface area contributed by atoms with Crippen molar-refractivity contribution in [3.8, 4) is 0 Å². The molecular weight excluding hydrogens is 254 g/mol. The number of rotatable bonds is 3. The SMILES string of the molecule is CC1CCCC1Nc1ccc2cc([N+](=O)[O-])ccc2n1. The predicted molar refractivity (Wildman–Crippen MR) is 78.8 cm³/mol. The molecule has 1 aliphatic rings. The van der Waals surface area contributed by atoms with Gasteiger partial charge in [0.15, 0.2) is 0 Å². The summed E-state index contributed by atoms with van der Waals surface area (Å²) >= 11 is 0. The molecular formula is C15H17N3O2. The molecule has 104 valence electrons. The van der Waals surface area contributed by atoms with E-state index in [1.165, 1.54) is 25.3 Å². The Balaban J connectivity index is 1.87. The third-order valence-corrected chi connectivity index (χ3v) is 4.08. The van der Waals surface area contributed by atoms with E-state index in [0.717, 1.165) is 16.7 Å². The Kier molecular flexibility index (Phi) is 3.26. The van der Waals surface area contributed by atoms with Crippen LogP contribution < -0.4 is 5.32 Å².